The molecule has 1 fully saturated rings. The van der Waals surface area contributed by atoms with E-state index in [2.05, 4.69) is 10.3 Å². The summed E-state index contributed by atoms with van der Waals surface area (Å²) < 4.78 is 10.8. The molecule has 1 aliphatic heterocycles. The van der Waals surface area contributed by atoms with E-state index in [1.165, 1.54) is 5.56 Å². The van der Waals surface area contributed by atoms with E-state index in [1.807, 2.05) is 62.4 Å². The van der Waals surface area contributed by atoms with Crippen LogP contribution in [-0.2, 0) is 22.4 Å². The third-order valence-electron chi connectivity index (χ3n) is 4.62. The summed E-state index contributed by atoms with van der Waals surface area (Å²) in [5, 5.41) is 2.14. The molecular weight excluding hydrogens is 388 g/mol. The summed E-state index contributed by atoms with van der Waals surface area (Å²) in [4.78, 5) is 29.4. The third-order valence-corrected chi connectivity index (χ3v) is 5.69. The molecule has 1 aromatic carbocycles. The summed E-state index contributed by atoms with van der Waals surface area (Å²) in [7, 11) is 0. The van der Waals surface area contributed by atoms with Gasteiger partial charge in [-0.1, -0.05) is 23.8 Å². The lowest BCUT2D eigenvalue weighted by Gasteiger charge is -2.02. The quantitative estimate of drug-likeness (QED) is 0.652. The second kappa shape index (κ2) is 8.05. The number of aromatic nitrogens is 1. The van der Waals surface area contributed by atoms with Gasteiger partial charge in [-0.15, -0.1) is 11.3 Å². The van der Waals surface area contributed by atoms with E-state index in [0.29, 0.717) is 18.7 Å². The van der Waals surface area contributed by atoms with Crippen LogP contribution < -0.4 is 5.32 Å². The van der Waals surface area contributed by atoms with E-state index < -0.39 is 12.2 Å². The van der Waals surface area contributed by atoms with Gasteiger partial charge in [0.05, 0.1) is 5.69 Å². The largest absolute Gasteiger partial charge is 0.441 e. The minimum atomic E-state index is -0.740. The van der Waals surface area contributed by atoms with Crippen LogP contribution in [-0.4, -0.2) is 23.1 Å². The predicted octanol–water partition coefficient (Wildman–Crippen LogP) is 4.45. The number of hydrogen-bond acceptors (Lipinski definition) is 6. The van der Waals surface area contributed by atoms with Gasteiger partial charge < -0.3 is 9.15 Å². The maximum Gasteiger partial charge on any atom is 0.414 e. The van der Waals surface area contributed by atoms with Crippen molar-refractivity contribution in [2.45, 2.75) is 32.8 Å². The molecule has 1 aliphatic rings. The molecule has 148 valence electrons. The fraction of sp³-hybridized carbons (Fsp3) is 0.227. The maximum absolute atomic E-state index is 11.6. The van der Waals surface area contributed by atoms with Gasteiger partial charge in [-0.25, -0.2) is 9.78 Å². The molecule has 7 heteroatoms. The molecule has 3 aromatic rings. The van der Waals surface area contributed by atoms with Crippen LogP contribution in [0.4, 0.5) is 4.79 Å². The third kappa shape index (κ3) is 4.46. The summed E-state index contributed by atoms with van der Waals surface area (Å²) in [5.41, 5.74) is 3.07. The van der Waals surface area contributed by atoms with E-state index in [1.54, 1.807) is 11.3 Å². The topological polar surface area (TPSA) is 81.4 Å². The first-order valence-electron chi connectivity index (χ1n) is 9.28. The fourth-order valence-corrected chi connectivity index (χ4v) is 4.00. The van der Waals surface area contributed by atoms with Crippen molar-refractivity contribution < 1.29 is 18.7 Å². The minimum Gasteiger partial charge on any atom is -0.441 e. The van der Waals surface area contributed by atoms with Gasteiger partial charge in [0.15, 0.2) is 6.10 Å². The highest BCUT2D eigenvalue weighted by Crippen LogP contribution is 2.24. The van der Waals surface area contributed by atoms with Crippen molar-refractivity contribution in [3.8, 4) is 11.5 Å². The van der Waals surface area contributed by atoms with Crippen LogP contribution in [0, 0.1) is 13.8 Å². The number of allylic oxidation sites excluding steroid dienone is 1. The number of oxazole rings is 1. The Morgan fingerprint density at radius 3 is 2.66 bits per heavy atom. The highest BCUT2D eigenvalue weighted by atomic mass is 32.1. The Bertz CT molecular complexity index is 1080. The fourth-order valence-electron chi connectivity index (χ4n) is 3.03. The molecule has 0 radical (unpaired) electrons. The molecule has 0 bridgehead atoms. The molecule has 4 rings (SSSR count). The number of carbonyl (C=O) groups excluding carboxylic acids is 2. The molecule has 1 saturated heterocycles. The number of thiophene rings is 1. The molecule has 1 N–H and O–H groups in total. The van der Waals surface area contributed by atoms with Crippen LogP contribution in [0.25, 0.3) is 17.5 Å². The van der Waals surface area contributed by atoms with Gasteiger partial charge in [0.2, 0.25) is 5.89 Å². The van der Waals surface area contributed by atoms with Gasteiger partial charge in [-0.2, -0.15) is 0 Å². The van der Waals surface area contributed by atoms with Crippen LogP contribution in [0.5, 0.6) is 0 Å². The molecule has 0 aliphatic carbocycles. The summed E-state index contributed by atoms with van der Waals surface area (Å²) in [6.07, 6.45) is 3.70. The van der Waals surface area contributed by atoms with Crippen molar-refractivity contribution in [2.75, 3.05) is 0 Å². The van der Waals surface area contributed by atoms with E-state index in [-0.39, 0.29) is 5.91 Å². The summed E-state index contributed by atoms with van der Waals surface area (Å²) >= 11 is 1.56. The molecule has 0 saturated carbocycles. The zero-order chi connectivity index (χ0) is 20.4. The van der Waals surface area contributed by atoms with E-state index in [0.717, 1.165) is 26.8 Å². The molecule has 2 aromatic heterocycles. The summed E-state index contributed by atoms with van der Waals surface area (Å²) in [6, 6.07) is 12.0. The molecular formula is C22H20N2O4S. The van der Waals surface area contributed by atoms with E-state index in [9.17, 15) is 9.59 Å². The number of carbonyl (C=O) groups is 2. The zero-order valence-electron chi connectivity index (χ0n) is 16.1. The van der Waals surface area contributed by atoms with Crippen LogP contribution in [0.15, 0.2) is 46.9 Å². The zero-order valence-corrected chi connectivity index (χ0v) is 16.9. The van der Waals surface area contributed by atoms with Gasteiger partial charge in [-0.05, 0) is 44.2 Å². The second-order valence-corrected chi connectivity index (χ2v) is 8.09. The van der Waals surface area contributed by atoms with Gasteiger partial charge in [0.25, 0.3) is 5.91 Å². The molecule has 1 unspecified atom stereocenters. The Morgan fingerprint density at radius 2 is 1.93 bits per heavy atom. The van der Waals surface area contributed by atoms with Crippen molar-refractivity contribution in [1.29, 1.82) is 0 Å². The number of amides is 2. The lowest BCUT2D eigenvalue weighted by atomic mass is 10.1. The predicted molar refractivity (Wildman–Crippen MR) is 111 cm³/mol. The van der Waals surface area contributed by atoms with Crippen LogP contribution in [0.3, 0.4) is 0 Å². The SMILES string of the molecule is Cc1ccc(-c2nc(C/C=C/c3ccc(CC4OC(=O)NC4=O)s3)c(C)o2)cc1. The Balaban J connectivity index is 1.38. The molecule has 0 spiro atoms. The smallest absolute Gasteiger partial charge is 0.414 e. The van der Waals surface area contributed by atoms with Crippen molar-refractivity contribution in [1.82, 2.24) is 10.3 Å². The first-order valence-corrected chi connectivity index (χ1v) is 10.1. The number of rotatable bonds is 6. The average Bonchev–Trinajstić information content (AvgIpc) is 3.36. The molecule has 6 nitrogen and oxygen atoms in total. The normalized spacial score (nSPS) is 16.4. The number of aryl methyl sites for hydroxylation is 2. The summed E-state index contributed by atoms with van der Waals surface area (Å²) in [6.45, 7) is 3.97. The van der Waals surface area contributed by atoms with Gasteiger partial charge in [0.1, 0.15) is 5.76 Å². The molecule has 2 amide bonds. The molecule has 29 heavy (non-hydrogen) atoms. The maximum atomic E-state index is 11.6. The number of hydrogen-bond donors (Lipinski definition) is 1. The van der Waals surface area contributed by atoms with E-state index >= 15 is 0 Å². The highest BCUT2D eigenvalue weighted by Gasteiger charge is 2.32. The average molecular weight is 408 g/mol. The summed E-state index contributed by atoms with van der Waals surface area (Å²) in [5.74, 6) is 1.06. The number of ether oxygens (including phenoxy) is 1. The minimum absolute atomic E-state index is 0.383. The standard InChI is InChI=1S/C22H20N2O4S/c1-13-6-8-15(9-7-13)21-23-18(14(2)27-21)5-3-4-16-10-11-17(29-16)12-19-20(25)24-22(26)28-19/h3-4,6-11,19H,5,12H2,1-2H3,(H,24,25,26)/b4-3+. The Morgan fingerprint density at radius 1 is 1.14 bits per heavy atom. The number of nitrogens with zero attached hydrogens (tertiary/aromatic N) is 1. The van der Waals surface area contributed by atoms with Gasteiger partial charge >= 0.3 is 6.09 Å². The van der Waals surface area contributed by atoms with Gasteiger partial charge in [-0.3, -0.25) is 10.1 Å². The first-order chi connectivity index (χ1) is 14.0. The van der Waals surface area contributed by atoms with Crippen molar-refractivity contribution in [2.24, 2.45) is 0 Å². The van der Waals surface area contributed by atoms with Gasteiger partial charge in [0, 0.05) is 28.2 Å². The molecule has 3 heterocycles. The lowest BCUT2D eigenvalue weighted by molar-refractivity contribution is -0.123. The monoisotopic (exact) mass is 408 g/mol. The first kappa shape index (κ1) is 19.1. The number of benzene rings is 1. The Hall–Kier alpha value is -3.19. The van der Waals surface area contributed by atoms with Crippen LogP contribution in [0.1, 0.15) is 26.8 Å². The number of alkyl carbamates (subject to hydrolysis) is 1. The second-order valence-electron chi connectivity index (χ2n) is 6.89. The van der Waals surface area contributed by atoms with Crippen molar-refractivity contribution in [3.63, 3.8) is 0 Å². The van der Waals surface area contributed by atoms with Crippen molar-refractivity contribution in [3.05, 3.63) is 69.2 Å². The van der Waals surface area contributed by atoms with Crippen LogP contribution in [0.2, 0.25) is 0 Å². The number of imide groups is 1. The van der Waals surface area contributed by atoms with Crippen LogP contribution >= 0.6 is 11.3 Å². The Labute approximate surface area is 172 Å². The van der Waals surface area contributed by atoms with Crippen molar-refractivity contribution >= 4 is 29.4 Å². The Kier molecular flexibility index (Phi) is 5.31. The van der Waals surface area contributed by atoms with E-state index in [4.69, 9.17) is 9.15 Å². The lowest BCUT2D eigenvalue weighted by Crippen LogP contribution is -2.25. The number of nitrogens with one attached hydrogen (secondary N) is 1. The highest BCUT2D eigenvalue weighted by molar-refractivity contribution is 7.12. The molecule has 1 atom stereocenters. The number of cyclic esters (lactones) is 1.